The second kappa shape index (κ2) is 6.59. The van der Waals surface area contributed by atoms with Gasteiger partial charge in [0.15, 0.2) is 0 Å². The molecule has 25 heavy (non-hydrogen) atoms. The molecule has 1 aliphatic rings. The molecule has 0 spiro atoms. The summed E-state index contributed by atoms with van der Waals surface area (Å²) in [6.45, 7) is 2.60. The molecule has 128 valence electrons. The number of rotatable bonds is 6. The van der Waals surface area contributed by atoms with Gasteiger partial charge in [0.05, 0.1) is 12.0 Å². The van der Waals surface area contributed by atoms with E-state index >= 15 is 0 Å². The maximum absolute atomic E-state index is 12.2. The number of carbonyl (C=O) groups excluding carboxylic acids is 1. The number of hydrogen-bond donors (Lipinski definition) is 1. The fourth-order valence-electron chi connectivity index (χ4n) is 3.00. The van der Waals surface area contributed by atoms with Crippen molar-refractivity contribution in [2.45, 2.75) is 25.7 Å². The van der Waals surface area contributed by atoms with Crippen LogP contribution >= 0.6 is 0 Å². The summed E-state index contributed by atoms with van der Waals surface area (Å²) in [6.07, 6.45) is 4.82. The number of oxazole rings is 1. The SMILES string of the molecule is Cc1ccc(-c2nc(CCNC(=O)[C@H]3C[C@H]3c3ccco3)co2)cc1. The van der Waals surface area contributed by atoms with Gasteiger partial charge < -0.3 is 14.2 Å². The van der Waals surface area contributed by atoms with Crippen LogP contribution in [0.25, 0.3) is 11.5 Å². The average Bonchev–Trinajstić information content (AvgIpc) is 3.02. The molecule has 0 bridgehead atoms. The number of hydrogen-bond acceptors (Lipinski definition) is 4. The Kier molecular flexibility index (Phi) is 4.14. The van der Waals surface area contributed by atoms with Crippen LogP contribution in [0.4, 0.5) is 0 Å². The van der Waals surface area contributed by atoms with Crippen molar-refractivity contribution < 1.29 is 13.6 Å². The molecule has 1 aromatic carbocycles. The predicted molar refractivity (Wildman–Crippen MR) is 92.9 cm³/mol. The van der Waals surface area contributed by atoms with E-state index in [2.05, 4.69) is 10.3 Å². The highest BCUT2D eigenvalue weighted by molar-refractivity contribution is 5.82. The summed E-state index contributed by atoms with van der Waals surface area (Å²) in [6, 6.07) is 11.8. The van der Waals surface area contributed by atoms with Crippen LogP contribution in [0.5, 0.6) is 0 Å². The fraction of sp³-hybridized carbons (Fsp3) is 0.300. The number of aromatic nitrogens is 1. The fourth-order valence-corrected chi connectivity index (χ4v) is 3.00. The van der Waals surface area contributed by atoms with E-state index in [1.54, 1.807) is 12.5 Å². The minimum Gasteiger partial charge on any atom is -0.469 e. The highest BCUT2D eigenvalue weighted by atomic mass is 16.3. The molecule has 2 aromatic heterocycles. The minimum absolute atomic E-state index is 0.0339. The predicted octanol–water partition coefficient (Wildman–Crippen LogP) is 3.71. The van der Waals surface area contributed by atoms with Gasteiger partial charge in [0, 0.05) is 30.4 Å². The van der Waals surface area contributed by atoms with Crippen molar-refractivity contribution >= 4 is 5.91 Å². The zero-order valence-electron chi connectivity index (χ0n) is 14.1. The molecule has 0 radical (unpaired) electrons. The van der Waals surface area contributed by atoms with E-state index in [9.17, 15) is 4.79 Å². The standard InChI is InChI=1S/C20H20N2O3/c1-13-4-6-14(7-5-13)20-22-15(12-25-20)8-9-21-19(23)17-11-16(17)18-3-2-10-24-18/h2-7,10,12,16-17H,8-9,11H2,1H3,(H,21,23)/t16-,17+/m1/s1. The summed E-state index contributed by atoms with van der Waals surface area (Å²) >= 11 is 0. The van der Waals surface area contributed by atoms with E-state index in [0.717, 1.165) is 23.4 Å². The van der Waals surface area contributed by atoms with Crippen LogP contribution in [-0.2, 0) is 11.2 Å². The quantitative estimate of drug-likeness (QED) is 0.745. The molecule has 3 aromatic rings. The van der Waals surface area contributed by atoms with Gasteiger partial charge in [-0.3, -0.25) is 4.79 Å². The Morgan fingerprint density at radius 2 is 2.08 bits per heavy atom. The lowest BCUT2D eigenvalue weighted by atomic mass is 10.1. The largest absolute Gasteiger partial charge is 0.469 e. The molecule has 2 atom stereocenters. The number of nitrogens with one attached hydrogen (secondary N) is 1. The lowest BCUT2D eigenvalue weighted by Crippen LogP contribution is -2.27. The van der Waals surface area contributed by atoms with Crippen LogP contribution in [0.3, 0.4) is 0 Å². The van der Waals surface area contributed by atoms with Crippen LogP contribution in [0.2, 0.25) is 0 Å². The van der Waals surface area contributed by atoms with Gasteiger partial charge in [-0.05, 0) is 37.6 Å². The molecular weight excluding hydrogens is 316 g/mol. The molecule has 5 heteroatoms. The number of benzene rings is 1. The van der Waals surface area contributed by atoms with Gasteiger partial charge in [0.1, 0.15) is 12.0 Å². The molecular formula is C20H20N2O3. The first-order valence-corrected chi connectivity index (χ1v) is 8.53. The van der Waals surface area contributed by atoms with Crippen LogP contribution in [0.15, 0.2) is 57.8 Å². The number of amides is 1. The molecule has 2 heterocycles. The van der Waals surface area contributed by atoms with Gasteiger partial charge in [0.2, 0.25) is 11.8 Å². The summed E-state index contributed by atoms with van der Waals surface area (Å²) in [4.78, 5) is 16.7. The smallest absolute Gasteiger partial charge is 0.226 e. The molecule has 1 aliphatic carbocycles. The van der Waals surface area contributed by atoms with Gasteiger partial charge >= 0.3 is 0 Å². The lowest BCUT2D eigenvalue weighted by Gasteiger charge is -2.02. The van der Waals surface area contributed by atoms with Gasteiger partial charge in [-0.15, -0.1) is 0 Å². The van der Waals surface area contributed by atoms with Crippen molar-refractivity contribution in [3.05, 3.63) is 65.9 Å². The van der Waals surface area contributed by atoms with Crippen LogP contribution in [-0.4, -0.2) is 17.4 Å². The van der Waals surface area contributed by atoms with Crippen molar-refractivity contribution in [1.29, 1.82) is 0 Å². The van der Waals surface area contributed by atoms with E-state index in [0.29, 0.717) is 18.9 Å². The highest BCUT2D eigenvalue weighted by Crippen LogP contribution is 2.47. The third-order valence-electron chi connectivity index (χ3n) is 4.57. The summed E-state index contributed by atoms with van der Waals surface area (Å²) in [5, 5.41) is 2.98. The topological polar surface area (TPSA) is 68.3 Å². The third kappa shape index (κ3) is 3.50. The molecule has 5 nitrogen and oxygen atoms in total. The summed E-state index contributed by atoms with van der Waals surface area (Å²) in [7, 11) is 0. The number of furan rings is 1. The Morgan fingerprint density at radius 3 is 2.84 bits per heavy atom. The van der Waals surface area contributed by atoms with Crippen molar-refractivity contribution in [3.63, 3.8) is 0 Å². The Labute approximate surface area is 146 Å². The number of carbonyl (C=O) groups is 1. The van der Waals surface area contributed by atoms with Crippen molar-refractivity contribution in [2.75, 3.05) is 6.54 Å². The summed E-state index contributed by atoms with van der Waals surface area (Å²) < 4.78 is 10.9. The maximum atomic E-state index is 12.2. The normalized spacial score (nSPS) is 18.9. The van der Waals surface area contributed by atoms with E-state index < -0.39 is 0 Å². The van der Waals surface area contributed by atoms with Gasteiger partial charge in [-0.1, -0.05) is 17.7 Å². The first-order valence-electron chi connectivity index (χ1n) is 8.53. The minimum atomic E-state index is 0.0339. The molecule has 0 saturated heterocycles. The van der Waals surface area contributed by atoms with Crippen LogP contribution < -0.4 is 5.32 Å². The Morgan fingerprint density at radius 1 is 1.24 bits per heavy atom. The van der Waals surface area contributed by atoms with Gasteiger partial charge in [-0.25, -0.2) is 4.98 Å². The van der Waals surface area contributed by atoms with E-state index in [1.807, 2.05) is 43.3 Å². The van der Waals surface area contributed by atoms with Crippen molar-refractivity contribution in [1.82, 2.24) is 10.3 Å². The van der Waals surface area contributed by atoms with Crippen LogP contribution in [0, 0.1) is 12.8 Å². The zero-order chi connectivity index (χ0) is 17.2. The molecule has 1 saturated carbocycles. The van der Waals surface area contributed by atoms with E-state index in [1.165, 1.54) is 5.56 Å². The van der Waals surface area contributed by atoms with E-state index in [-0.39, 0.29) is 17.7 Å². The van der Waals surface area contributed by atoms with Crippen molar-refractivity contribution in [2.24, 2.45) is 5.92 Å². The van der Waals surface area contributed by atoms with Gasteiger partial charge in [0.25, 0.3) is 0 Å². The molecule has 1 N–H and O–H groups in total. The average molecular weight is 336 g/mol. The van der Waals surface area contributed by atoms with E-state index in [4.69, 9.17) is 8.83 Å². The monoisotopic (exact) mass is 336 g/mol. The Hall–Kier alpha value is -2.82. The second-order valence-corrected chi connectivity index (χ2v) is 6.52. The third-order valence-corrected chi connectivity index (χ3v) is 4.57. The summed E-state index contributed by atoms with van der Waals surface area (Å²) in [5.74, 6) is 1.87. The molecule has 0 unspecified atom stereocenters. The first kappa shape index (κ1) is 15.7. The highest BCUT2D eigenvalue weighted by Gasteiger charge is 2.45. The Balaban J connectivity index is 1.27. The Bertz CT molecular complexity index is 849. The first-order chi connectivity index (χ1) is 12.2. The van der Waals surface area contributed by atoms with Gasteiger partial charge in [-0.2, -0.15) is 0 Å². The zero-order valence-corrected chi connectivity index (χ0v) is 14.1. The number of aryl methyl sites for hydroxylation is 1. The second-order valence-electron chi connectivity index (χ2n) is 6.52. The molecule has 1 amide bonds. The summed E-state index contributed by atoms with van der Waals surface area (Å²) in [5.41, 5.74) is 3.00. The number of nitrogens with zero attached hydrogens (tertiary/aromatic N) is 1. The molecule has 1 fully saturated rings. The molecule has 4 rings (SSSR count). The molecule has 0 aliphatic heterocycles. The lowest BCUT2D eigenvalue weighted by molar-refractivity contribution is -0.122. The maximum Gasteiger partial charge on any atom is 0.226 e. The van der Waals surface area contributed by atoms with Crippen LogP contribution in [0.1, 0.15) is 29.4 Å². The van der Waals surface area contributed by atoms with Crippen molar-refractivity contribution in [3.8, 4) is 11.5 Å².